The highest BCUT2D eigenvalue weighted by molar-refractivity contribution is 7.98. The van der Waals surface area contributed by atoms with Crippen LogP contribution in [0, 0.1) is 11.6 Å². The van der Waals surface area contributed by atoms with Gasteiger partial charge >= 0.3 is 0 Å². The molecule has 0 unspecified atom stereocenters. The van der Waals surface area contributed by atoms with Gasteiger partial charge in [-0.25, -0.2) is 13.8 Å². The van der Waals surface area contributed by atoms with Gasteiger partial charge in [-0.3, -0.25) is 0 Å². The van der Waals surface area contributed by atoms with Crippen LogP contribution in [0.4, 0.5) is 8.78 Å². The van der Waals surface area contributed by atoms with Gasteiger partial charge in [0.1, 0.15) is 16.8 Å². The Morgan fingerprint density at radius 3 is 2.71 bits per heavy atom. The third-order valence-corrected chi connectivity index (χ3v) is 3.41. The van der Waals surface area contributed by atoms with Gasteiger partial charge in [-0.15, -0.1) is 11.8 Å². The molecule has 0 saturated heterocycles. The summed E-state index contributed by atoms with van der Waals surface area (Å²) in [7, 11) is 0. The number of hydrogen-bond acceptors (Lipinski definition) is 2. The Morgan fingerprint density at radius 2 is 2.00 bits per heavy atom. The van der Waals surface area contributed by atoms with Crippen molar-refractivity contribution in [3.8, 4) is 0 Å². The molecule has 5 heteroatoms. The first-order chi connectivity index (χ1) is 8.15. The molecule has 1 aromatic carbocycles. The van der Waals surface area contributed by atoms with Crippen molar-refractivity contribution >= 4 is 23.4 Å². The molecule has 1 aromatic heterocycles. The maximum Gasteiger partial charge on any atom is 0.139 e. The summed E-state index contributed by atoms with van der Waals surface area (Å²) >= 11 is 7.02. The Kier molecular flexibility index (Phi) is 3.97. The van der Waals surface area contributed by atoms with Crippen LogP contribution in [0.15, 0.2) is 41.4 Å². The van der Waals surface area contributed by atoms with E-state index in [1.807, 2.05) is 0 Å². The minimum atomic E-state index is -0.571. The average molecular weight is 272 g/mol. The minimum Gasteiger partial charge on any atom is -0.245 e. The summed E-state index contributed by atoms with van der Waals surface area (Å²) in [4.78, 5) is 4.27. The van der Waals surface area contributed by atoms with E-state index in [4.69, 9.17) is 11.6 Å². The molecule has 0 saturated carbocycles. The van der Waals surface area contributed by atoms with Crippen LogP contribution in [0.3, 0.4) is 0 Å². The molecular formula is C12H8ClF2NS. The van der Waals surface area contributed by atoms with Crippen LogP contribution in [0.5, 0.6) is 0 Å². The molecule has 0 aliphatic carbocycles. The zero-order valence-electron chi connectivity index (χ0n) is 8.66. The number of benzene rings is 1. The van der Waals surface area contributed by atoms with Gasteiger partial charge in [0.05, 0.1) is 0 Å². The van der Waals surface area contributed by atoms with Crippen LogP contribution in [0.2, 0.25) is 5.15 Å². The highest BCUT2D eigenvalue weighted by Crippen LogP contribution is 2.26. The van der Waals surface area contributed by atoms with Gasteiger partial charge in [-0.1, -0.05) is 11.6 Å². The van der Waals surface area contributed by atoms with Crippen LogP contribution >= 0.6 is 23.4 Å². The quantitative estimate of drug-likeness (QED) is 0.610. The summed E-state index contributed by atoms with van der Waals surface area (Å²) in [6.07, 6.45) is 1.60. The SMILES string of the molecule is Fc1ccc(SCc2ccnc(Cl)c2)c(F)c1. The monoisotopic (exact) mass is 271 g/mol. The lowest BCUT2D eigenvalue weighted by molar-refractivity contribution is 0.565. The molecule has 1 heterocycles. The summed E-state index contributed by atoms with van der Waals surface area (Å²) in [6, 6.07) is 7.07. The Labute approximate surface area is 107 Å². The van der Waals surface area contributed by atoms with Crippen molar-refractivity contribution in [2.75, 3.05) is 0 Å². The van der Waals surface area contributed by atoms with Crippen molar-refractivity contribution in [1.29, 1.82) is 0 Å². The Morgan fingerprint density at radius 1 is 1.18 bits per heavy atom. The molecule has 0 aliphatic heterocycles. The molecule has 2 aromatic rings. The lowest BCUT2D eigenvalue weighted by Crippen LogP contribution is -1.86. The molecule has 0 radical (unpaired) electrons. The summed E-state index contributed by atoms with van der Waals surface area (Å²) in [5.41, 5.74) is 0.943. The smallest absolute Gasteiger partial charge is 0.139 e. The highest BCUT2D eigenvalue weighted by atomic mass is 35.5. The Balaban J connectivity index is 2.07. The molecule has 0 atom stereocenters. The van der Waals surface area contributed by atoms with Crippen molar-refractivity contribution in [2.45, 2.75) is 10.6 Å². The Bertz CT molecular complexity index is 534. The van der Waals surface area contributed by atoms with Gasteiger partial charge in [0, 0.05) is 22.9 Å². The molecule has 0 spiro atoms. The highest BCUT2D eigenvalue weighted by Gasteiger charge is 2.05. The predicted molar refractivity (Wildman–Crippen MR) is 65.2 cm³/mol. The summed E-state index contributed by atoms with van der Waals surface area (Å²) in [6.45, 7) is 0. The molecule has 88 valence electrons. The minimum absolute atomic E-state index is 0.405. The first kappa shape index (κ1) is 12.3. The molecule has 0 amide bonds. The number of hydrogen-bond donors (Lipinski definition) is 0. The van der Waals surface area contributed by atoms with Crippen molar-refractivity contribution in [1.82, 2.24) is 4.98 Å². The number of rotatable bonds is 3. The lowest BCUT2D eigenvalue weighted by atomic mass is 10.3. The number of pyridine rings is 1. The predicted octanol–water partition coefficient (Wildman–Crippen LogP) is 4.31. The zero-order chi connectivity index (χ0) is 12.3. The van der Waals surface area contributed by atoms with Crippen LogP contribution in [0.25, 0.3) is 0 Å². The number of thioether (sulfide) groups is 1. The van der Waals surface area contributed by atoms with Gasteiger partial charge in [0.25, 0.3) is 0 Å². The van der Waals surface area contributed by atoms with E-state index >= 15 is 0 Å². The van der Waals surface area contributed by atoms with Crippen LogP contribution in [0.1, 0.15) is 5.56 Å². The van der Waals surface area contributed by atoms with Crippen molar-refractivity contribution in [3.05, 3.63) is 58.9 Å². The van der Waals surface area contributed by atoms with Crippen LogP contribution in [-0.2, 0) is 5.75 Å². The van der Waals surface area contributed by atoms with Crippen molar-refractivity contribution in [2.24, 2.45) is 0 Å². The maximum atomic E-state index is 13.3. The summed E-state index contributed by atoms with van der Waals surface area (Å²) in [5.74, 6) is -0.556. The van der Waals surface area contributed by atoms with Crippen LogP contribution < -0.4 is 0 Å². The lowest BCUT2D eigenvalue weighted by Gasteiger charge is -2.03. The largest absolute Gasteiger partial charge is 0.245 e. The van der Waals surface area contributed by atoms with Crippen molar-refractivity contribution in [3.63, 3.8) is 0 Å². The molecule has 2 rings (SSSR count). The van der Waals surface area contributed by atoms with E-state index in [1.165, 1.54) is 23.9 Å². The normalized spacial score (nSPS) is 10.5. The van der Waals surface area contributed by atoms with E-state index in [0.29, 0.717) is 15.8 Å². The maximum absolute atomic E-state index is 13.3. The van der Waals surface area contributed by atoms with E-state index in [9.17, 15) is 8.78 Å². The molecule has 0 aliphatic rings. The summed E-state index contributed by atoms with van der Waals surface area (Å²) < 4.78 is 26.0. The zero-order valence-corrected chi connectivity index (χ0v) is 10.2. The van der Waals surface area contributed by atoms with E-state index < -0.39 is 11.6 Å². The van der Waals surface area contributed by atoms with E-state index in [0.717, 1.165) is 11.6 Å². The fourth-order valence-corrected chi connectivity index (χ4v) is 2.35. The van der Waals surface area contributed by atoms with Gasteiger partial charge in [0.2, 0.25) is 0 Å². The van der Waals surface area contributed by atoms with E-state index in [2.05, 4.69) is 4.98 Å². The first-order valence-electron chi connectivity index (χ1n) is 4.83. The molecular weight excluding hydrogens is 264 g/mol. The molecule has 17 heavy (non-hydrogen) atoms. The van der Waals surface area contributed by atoms with E-state index in [-0.39, 0.29) is 0 Å². The van der Waals surface area contributed by atoms with Gasteiger partial charge < -0.3 is 0 Å². The second-order valence-electron chi connectivity index (χ2n) is 3.35. The fraction of sp³-hybridized carbons (Fsp3) is 0.0833. The van der Waals surface area contributed by atoms with E-state index in [1.54, 1.807) is 18.3 Å². The third kappa shape index (κ3) is 3.41. The Hall–Kier alpha value is -1.13. The first-order valence-corrected chi connectivity index (χ1v) is 6.20. The number of halogens is 3. The standard InChI is InChI=1S/C12H8ClF2NS/c13-12-5-8(3-4-16-12)7-17-11-2-1-9(14)6-10(11)15/h1-6H,7H2. The molecule has 0 fully saturated rings. The molecule has 0 bridgehead atoms. The van der Waals surface area contributed by atoms with Gasteiger partial charge in [0.15, 0.2) is 0 Å². The molecule has 1 nitrogen and oxygen atoms in total. The second-order valence-corrected chi connectivity index (χ2v) is 4.75. The van der Waals surface area contributed by atoms with Gasteiger partial charge in [-0.05, 0) is 29.8 Å². The second kappa shape index (κ2) is 5.47. The number of nitrogens with zero attached hydrogens (tertiary/aromatic N) is 1. The topological polar surface area (TPSA) is 12.9 Å². The van der Waals surface area contributed by atoms with Gasteiger partial charge in [-0.2, -0.15) is 0 Å². The summed E-state index contributed by atoms with van der Waals surface area (Å²) in [5, 5.41) is 0.405. The third-order valence-electron chi connectivity index (χ3n) is 2.08. The fourth-order valence-electron chi connectivity index (χ4n) is 1.29. The van der Waals surface area contributed by atoms with Crippen molar-refractivity contribution < 1.29 is 8.78 Å². The van der Waals surface area contributed by atoms with Crippen LogP contribution in [-0.4, -0.2) is 4.98 Å². The number of aromatic nitrogens is 1. The molecule has 0 N–H and O–H groups in total. The average Bonchev–Trinajstić information content (AvgIpc) is 2.28.